The summed E-state index contributed by atoms with van der Waals surface area (Å²) in [6.45, 7) is 1.93. The Balaban J connectivity index is 1.87. The molecule has 142 valence electrons. The molecule has 0 aliphatic carbocycles. The third kappa shape index (κ3) is 3.34. The van der Waals surface area contributed by atoms with E-state index < -0.39 is 27.0 Å². The summed E-state index contributed by atoms with van der Waals surface area (Å²) in [5, 5.41) is -1.29. The van der Waals surface area contributed by atoms with Crippen LogP contribution in [0.25, 0.3) is 0 Å². The first-order chi connectivity index (χ1) is 13.5. The molecule has 0 saturated carbocycles. The molecule has 1 heterocycles. The molecule has 3 aromatic rings. The van der Waals surface area contributed by atoms with Crippen LogP contribution in [0.4, 0.5) is 0 Å². The molecule has 0 aromatic heterocycles. The van der Waals surface area contributed by atoms with E-state index in [0.29, 0.717) is 11.3 Å². The van der Waals surface area contributed by atoms with E-state index in [2.05, 4.69) is 0 Å². The van der Waals surface area contributed by atoms with Gasteiger partial charge in [-0.2, -0.15) is 0 Å². The standard InChI is InChI=1S/C23H20O4S/c1-16-9-5-6-12-18(16)21-19-13-7-8-14-20(19)27-23(24)22(21)28(25,26)15-17-10-3-2-4-11-17/h2-14,21-22H,15H2,1H3. The molecule has 0 N–H and O–H groups in total. The van der Waals surface area contributed by atoms with Crippen LogP contribution >= 0.6 is 0 Å². The van der Waals surface area contributed by atoms with Gasteiger partial charge in [-0.3, -0.25) is 4.79 Å². The molecular weight excluding hydrogens is 372 g/mol. The Kier molecular flexibility index (Phi) is 4.77. The summed E-state index contributed by atoms with van der Waals surface area (Å²) in [5.41, 5.74) is 3.14. The minimum Gasteiger partial charge on any atom is -0.425 e. The Morgan fingerprint density at radius 1 is 0.821 bits per heavy atom. The summed E-state index contributed by atoms with van der Waals surface area (Å²) in [7, 11) is -3.82. The van der Waals surface area contributed by atoms with E-state index in [4.69, 9.17) is 4.74 Å². The van der Waals surface area contributed by atoms with Crippen molar-refractivity contribution in [3.63, 3.8) is 0 Å². The number of sulfone groups is 1. The van der Waals surface area contributed by atoms with Gasteiger partial charge in [0.15, 0.2) is 15.1 Å². The second-order valence-corrected chi connectivity index (χ2v) is 9.13. The smallest absolute Gasteiger partial charge is 0.330 e. The maximum Gasteiger partial charge on any atom is 0.330 e. The van der Waals surface area contributed by atoms with Gasteiger partial charge in [0.2, 0.25) is 0 Å². The number of hydrogen-bond donors (Lipinski definition) is 0. The highest BCUT2D eigenvalue weighted by molar-refractivity contribution is 7.92. The zero-order chi connectivity index (χ0) is 19.7. The number of aryl methyl sites for hydroxylation is 1. The lowest BCUT2D eigenvalue weighted by Gasteiger charge is -2.32. The fourth-order valence-electron chi connectivity index (χ4n) is 3.81. The third-order valence-electron chi connectivity index (χ3n) is 5.12. The van der Waals surface area contributed by atoms with Crippen molar-refractivity contribution in [1.82, 2.24) is 0 Å². The monoisotopic (exact) mass is 392 g/mol. The first-order valence-corrected chi connectivity index (χ1v) is 10.8. The fraction of sp³-hybridized carbons (Fsp3) is 0.174. The van der Waals surface area contributed by atoms with E-state index in [1.54, 1.807) is 36.4 Å². The van der Waals surface area contributed by atoms with Crippen molar-refractivity contribution >= 4 is 15.8 Å². The van der Waals surface area contributed by atoms with Gasteiger partial charge >= 0.3 is 5.97 Å². The second-order valence-electron chi connectivity index (χ2n) is 7.01. The van der Waals surface area contributed by atoms with Gasteiger partial charge in [0.05, 0.1) is 5.75 Å². The lowest BCUT2D eigenvalue weighted by atomic mass is 9.84. The SMILES string of the molecule is Cc1ccccc1C1c2ccccc2OC(=O)C1S(=O)(=O)Cc1ccccc1. The normalized spacial score (nSPS) is 19.0. The van der Waals surface area contributed by atoms with E-state index in [0.717, 1.165) is 16.7 Å². The molecule has 2 unspecified atom stereocenters. The molecule has 0 bridgehead atoms. The van der Waals surface area contributed by atoms with Crippen molar-refractivity contribution in [3.05, 3.63) is 101 Å². The molecule has 28 heavy (non-hydrogen) atoms. The number of esters is 1. The number of ether oxygens (including phenoxy) is 1. The Hall–Kier alpha value is -2.92. The first kappa shape index (κ1) is 18.4. The van der Waals surface area contributed by atoms with Gasteiger partial charge in [-0.15, -0.1) is 0 Å². The number of benzene rings is 3. The Bertz CT molecular complexity index is 1120. The molecule has 3 aromatic carbocycles. The Morgan fingerprint density at radius 3 is 2.14 bits per heavy atom. The molecular formula is C23H20O4S. The van der Waals surface area contributed by atoms with Crippen LogP contribution in [-0.4, -0.2) is 19.6 Å². The molecule has 1 aliphatic rings. The summed E-state index contributed by atoms with van der Waals surface area (Å²) < 4.78 is 32.2. The second kappa shape index (κ2) is 7.24. The van der Waals surface area contributed by atoms with Crippen LogP contribution in [-0.2, 0) is 20.4 Å². The molecule has 5 heteroatoms. The first-order valence-electron chi connectivity index (χ1n) is 9.09. The van der Waals surface area contributed by atoms with Gasteiger partial charge in [-0.1, -0.05) is 72.8 Å². The summed E-state index contributed by atoms with van der Waals surface area (Å²) in [6, 6.07) is 23.7. The van der Waals surface area contributed by atoms with Gasteiger partial charge in [0.25, 0.3) is 0 Å². The van der Waals surface area contributed by atoms with Crippen molar-refractivity contribution < 1.29 is 17.9 Å². The summed E-state index contributed by atoms with van der Waals surface area (Å²) in [5.74, 6) is -1.11. The summed E-state index contributed by atoms with van der Waals surface area (Å²) in [4.78, 5) is 12.9. The topological polar surface area (TPSA) is 60.4 Å². The summed E-state index contributed by atoms with van der Waals surface area (Å²) >= 11 is 0. The van der Waals surface area contributed by atoms with Crippen LogP contribution in [0.1, 0.15) is 28.2 Å². The highest BCUT2D eigenvalue weighted by Crippen LogP contribution is 2.43. The fourth-order valence-corrected chi connectivity index (χ4v) is 5.70. The zero-order valence-electron chi connectivity index (χ0n) is 15.4. The molecule has 0 saturated heterocycles. The Morgan fingerprint density at radius 2 is 1.43 bits per heavy atom. The number of carbonyl (C=O) groups is 1. The van der Waals surface area contributed by atoms with Crippen LogP contribution in [0.3, 0.4) is 0 Å². The average Bonchev–Trinajstić information content (AvgIpc) is 2.68. The van der Waals surface area contributed by atoms with Gasteiger partial charge in [-0.05, 0) is 29.7 Å². The van der Waals surface area contributed by atoms with E-state index in [-0.39, 0.29) is 5.75 Å². The van der Waals surface area contributed by atoms with Crippen LogP contribution in [0.15, 0.2) is 78.9 Å². The number of para-hydroxylation sites is 1. The molecule has 1 aliphatic heterocycles. The minimum atomic E-state index is -3.82. The largest absolute Gasteiger partial charge is 0.425 e. The molecule has 0 amide bonds. The quantitative estimate of drug-likeness (QED) is 0.497. The average molecular weight is 392 g/mol. The highest BCUT2D eigenvalue weighted by atomic mass is 32.2. The van der Waals surface area contributed by atoms with Gasteiger partial charge < -0.3 is 4.74 Å². The van der Waals surface area contributed by atoms with Crippen molar-refractivity contribution in [2.75, 3.05) is 0 Å². The summed E-state index contributed by atoms with van der Waals surface area (Å²) in [6.07, 6.45) is 0. The molecule has 0 spiro atoms. The molecule has 0 fully saturated rings. The number of rotatable bonds is 4. The van der Waals surface area contributed by atoms with Crippen LogP contribution < -0.4 is 4.74 Å². The van der Waals surface area contributed by atoms with Crippen LogP contribution in [0, 0.1) is 6.92 Å². The van der Waals surface area contributed by atoms with Crippen molar-refractivity contribution in [1.29, 1.82) is 0 Å². The molecule has 4 rings (SSSR count). The van der Waals surface area contributed by atoms with Crippen molar-refractivity contribution in [2.45, 2.75) is 23.8 Å². The maximum absolute atomic E-state index is 13.4. The van der Waals surface area contributed by atoms with Crippen molar-refractivity contribution in [2.24, 2.45) is 0 Å². The zero-order valence-corrected chi connectivity index (χ0v) is 16.2. The number of carbonyl (C=O) groups excluding carboxylic acids is 1. The molecule has 2 atom stereocenters. The van der Waals surface area contributed by atoms with Crippen LogP contribution in [0.5, 0.6) is 5.75 Å². The lowest BCUT2D eigenvalue weighted by molar-refractivity contribution is -0.135. The predicted molar refractivity (Wildman–Crippen MR) is 108 cm³/mol. The molecule has 4 nitrogen and oxygen atoms in total. The Labute approximate surface area is 164 Å². The van der Waals surface area contributed by atoms with E-state index in [9.17, 15) is 13.2 Å². The van der Waals surface area contributed by atoms with E-state index in [1.807, 2.05) is 49.4 Å². The van der Waals surface area contributed by atoms with E-state index in [1.165, 1.54) is 0 Å². The maximum atomic E-state index is 13.4. The minimum absolute atomic E-state index is 0.210. The number of hydrogen-bond acceptors (Lipinski definition) is 4. The predicted octanol–water partition coefficient (Wildman–Crippen LogP) is 4.03. The van der Waals surface area contributed by atoms with Gasteiger partial charge in [-0.25, -0.2) is 8.42 Å². The number of fused-ring (bicyclic) bond motifs is 1. The molecule has 0 radical (unpaired) electrons. The van der Waals surface area contributed by atoms with Crippen LogP contribution in [0.2, 0.25) is 0 Å². The van der Waals surface area contributed by atoms with Crippen molar-refractivity contribution in [3.8, 4) is 5.75 Å². The third-order valence-corrected chi connectivity index (χ3v) is 7.09. The lowest BCUT2D eigenvalue weighted by Crippen LogP contribution is -2.43. The highest BCUT2D eigenvalue weighted by Gasteiger charge is 2.47. The van der Waals surface area contributed by atoms with Gasteiger partial charge in [0, 0.05) is 11.5 Å². The van der Waals surface area contributed by atoms with Gasteiger partial charge in [0.1, 0.15) is 5.75 Å². The van der Waals surface area contributed by atoms with E-state index >= 15 is 0 Å².